The van der Waals surface area contributed by atoms with Gasteiger partial charge >= 0.3 is 0 Å². The van der Waals surface area contributed by atoms with Gasteiger partial charge in [-0.05, 0) is 74.6 Å². The van der Waals surface area contributed by atoms with Gasteiger partial charge in [-0.1, -0.05) is 0 Å². The summed E-state index contributed by atoms with van der Waals surface area (Å²) >= 11 is 0. The normalized spacial score (nSPS) is 13.7. The number of rotatable bonds is 10. The van der Waals surface area contributed by atoms with Crippen molar-refractivity contribution in [1.82, 2.24) is 5.32 Å². The molecule has 168 valence electrons. The number of guanidine groups is 1. The van der Waals surface area contributed by atoms with Crippen LogP contribution in [0.3, 0.4) is 0 Å². The van der Waals surface area contributed by atoms with Crippen LogP contribution in [0.25, 0.3) is 0 Å². The predicted octanol–water partition coefficient (Wildman–Crippen LogP) is 4.47. The highest BCUT2D eigenvalue weighted by molar-refractivity contribution is 5.93. The third kappa shape index (κ3) is 6.70. The van der Waals surface area contributed by atoms with Crippen molar-refractivity contribution < 1.29 is 18.9 Å². The van der Waals surface area contributed by atoms with Crippen molar-refractivity contribution in [2.24, 2.45) is 10.9 Å². The minimum atomic E-state index is 0.148. The lowest BCUT2D eigenvalue weighted by Crippen LogP contribution is -2.32. The maximum Gasteiger partial charge on any atom is 0.203 e. The van der Waals surface area contributed by atoms with Crippen LogP contribution in [0, 0.1) is 5.92 Å². The van der Waals surface area contributed by atoms with Crippen LogP contribution in [0.4, 0.5) is 5.69 Å². The Balaban J connectivity index is 1.75. The first-order valence-electron chi connectivity index (χ1n) is 10.6. The molecular weight excluding hydrogens is 394 g/mol. The molecule has 0 saturated heterocycles. The van der Waals surface area contributed by atoms with E-state index in [0.29, 0.717) is 23.8 Å². The smallest absolute Gasteiger partial charge is 0.203 e. The molecule has 2 N–H and O–H groups in total. The van der Waals surface area contributed by atoms with E-state index in [-0.39, 0.29) is 6.10 Å². The van der Waals surface area contributed by atoms with Crippen LogP contribution in [0.1, 0.15) is 32.3 Å². The lowest BCUT2D eigenvalue weighted by atomic mass is 10.2. The Hall–Kier alpha value is -3.09. The topological polar surface area (TPSA) is 73.3 Å². The van der Waals surface area contributed by atoms with Crippen molar-refractivity contribution in [2.45, 2.75) is 39.3 Å². The zero-order valence-corrected chi connectivity index (χ0v) is 19.0. The summed E-state index contributed by atoms with van der Waals surface area (Å²) in [5.41, 5.74) is 1.91. The highest BCUT2D eigenvalue weighted by atomic mass is 16.5. The zero-order valence-electron chi connectivity index (χ0n) is 19.0. The van der Waals surface area contributed by atoms with Gasteiger partial charge in [-0.15, -0.1) is 0 Å². The molecule has 0 unspecified atom stereocenters. The van der Waals surface area contributed by atoms with Gasteiger partial charge < -0.3 is 29.6 Å². The Bertz CT molecular complexity index is 852. The summed E-state index contributed by atoms with van der Waals surface area (Å²) in [6.07, 6.45) is 2.69. The summed E-state index contributed by atoms with van der Waals surface area (Å²) < 4.78 is 22.0. The molecule has 0 aliphatic heterocycles. The summed E-state index contributed by atoms with van der Waals surface area (Å²) in [7, 11) is 4.82. The minimum Gasteiger partial charge on any atom is -0.493 e. The molecule has 0 heterocycles. The van der Waals surface area contributed by atoms with Crippen LogP contribution in [0.2, 0.25) is 0 Å². The van der Waals surface area contributed by atoms with Gasteiger partial charge in [0.25, 0.3) is 0 Å². The summed E-state index contributed by atoms with van der Waals surface area (Å²) in [6, 6.07) is 11.7. The van der Waals surface area contributed by atoms with Crippen molar-refractivity contribution in [3.8, 4) is 23.0 Å². The third-order valence-corrected chi connectivity index (χ3v) is 4.89. The summed E-state index contributed by atoms with van der Waals surface area (Å²) in [5.74, 6) is 4.13. The van der Waals surface area contributed by atoms with Crippen LogP contribution in [0.5, 0.6) is 23.0 Å². The maximum absolute atomic E-state index is 5.72. The second kappa shape index (κ2) is 10.8. The number of hydrogen-bond acceptors (Lipinski definition) is 5. The van der Waals surface area contributed by atoms with Gasteiger partial charge in [0.15, 0.2) is 17.5 Å². The SMILES string of the molecule is COc1cc(CN=C(NCC2CC2)Nc2ccc(OC(C)C)cc2)cc(OC)c1OC. The monoisotopic (exact) mass is 427 g/mol. The number of nitrogens with one attached hydrogen (secondary N) is 2. The van der Waals surface area contributed by atoms with E-state index >= 15 is 0 Å². The first kappa shape index (κ1) is 22.6. The van der Waals surface area contributed by atoms with E-state index in [9.17, 15) is 0 Å². The van der Waals surface area contributed by atoms with Crippen LogP contribution in [0.15, 0.2) is 41.4 Å². The highest BCUT2D eigenvalue weighted by Gasteiger charge is 2.21. The number of hydrogen-bond donors (Lipinski definition) is 2. The molecule has 0 radical (unpaired) electrons. The van der Waals surface area contributed by atoms with Gasteiger partial charge in [-0.25, -0.2) is 4.99 Å². The fourth-order valence-corrected chi connectivity index (χ4v) is 3.13. The van der Waals surface area contributed by atoms with E-state index < -0.39 is 0 Å². The molecule has 0 atom stereocenters. The Morgan fingerprint density at radius 3 is 2.16 bits per heavy atom. The number of aliphatic imine (C=N–C) groups is 1. The molecule has 2 aromatic rings. The molecule has 1 fully saturated rings. The predicted molar refractivity (Wildman–Crippen MR) is 124 cm³/mol. The molecule has 1 aliphatic carbocycles. The number of ether oxygens (including phenoxy) is 4. The fourth-order valence-electron chi connectivity index (χ4n) is 3.13. The van der Waals surface area contributed by atoms with Crippen molar-refractivity contribution in [2.75, 3.05) is 33.2 Å². The molecule has 31 heavy (non-hydrogen) atoms. The Labute approximate surface area is 184 Å². The average Bonchev–Trinajstić information content (AvgIpc) is 3.60. The fraction of sp³-hybridized carbons (Fsp3) is 0.458. The van der Waals surface area contributed by atoms with Crippen LogP contribution < -0.4 is 29.6 Å². The lowest BCUT2D eigenvalue weighted by molar-refractivity contribution is 0.242. The third-order valence-electron chi connectivity index (χ3n) is 4.89. The van der Waals surface area contributed by atoms with Gasteiger partial charge in [0.2, 0.25) is 5.75 Å². The molecule has 0 bridgehead atoms. The standard InChI is InChI=1S/C24H33N3O4/c1-16(2)31-20-10-8-19(9-11-20)27-24(25-14-17-6-7-17)26-15-18-12-21(28-3)23(30-5)22(13-18)29-4/h8-13,16-17H,6-7,14-15H2,1-5H3,(H2,25,26,27). The van der Waals surface area contributed by atoms with Crippen molar-refractivity contribution in [3.05, 3.63) is 42.0 Å². The van der Waals surface area contributed by atoms with E-state index in [1.165, 1.54) is 12.8 Å². The molecular formula is C24H33N3O4. The Kier molecular flexibility index (Phi) is 7.87. The minimum absolute atomic E-state index is 0.148. The van der Waals surface area contributed by atoms with E-state index in [0.717, 1.165) is 35.4 Å². The summed E-state index contributed by atoms with van der Waals surface area (Å²) in [6.45, 7) is 5.41. The first-order chi connectivity index (χ1) is 15.0. The quantitative estimate of drug-likeness (QED) is 0.431. The second-order valence-electron chi connectivity index (χ2n) is 7.84. The Morgan fingerprint density at radius 2 is 1.65 bits per heavy atom. The largest absolute Gasteiger partial charge is 0.493 e. The van der Waals surface area contributed by atoms with Crippen LogP contribution in [-0.2, 0) is 6.54 Å². The van der Waals surface area contributed by atoms with Crippen molar-refractivity contribution >= 4 is 11.6 Å². The Morgan fingerprint density at radius 1 is 1.00 bits per heavy atom. The first-order valence-corrected chi connectivity index (χ1v) is 10.6. The van der Waals surface area contributed by atoms with E-state index in [4.69, 9.17) is 23.9 Å². The van der Waals surface area contributed by atoms with Gasteiger partial charge in [0, 0.05) is 12.2 Å². The highest BCUT2D eigenvalue weighted by Crippen LogP contribution is 2.38. The second-order valence-corrected chi connectivity index (χ2v) is 7.84. The molecule has 1 saturated carbocycles. The van der Waals surface area contributed by atoms with Crippen LogP contribution in [-0.4, -0.2) is 39.9 Å². The molecule has 2 aromatic carbocycles. The van der Waals surface area contributed by atoms with Crippen LogP contribution >= 0.6 is 0 Å². The summed E-state index contributed by atoms with van der Waals surface area (Å²) in [5, 5.41) is 6.84. The average molecular weight is 428 g/mol. The number of nitrogens with zero attached hydrogens (tertiary/aromatic N) is 1. The molecule has 0 aromatic heterocycles. The molecule has 0 amide bonds. The lowest BCUT2D eigenvalue weighted by Gasteiger charge is -2.15. The van der Waals surface area contributed by atoms with Gasteiger partial charge in [-0.3, -0.25) is 0 Å². The number of anilines is 1. The van der Waals surface area contributed by atoms with Gasteiger partial charge in [-0.2, -0.15) is 0 Å². The summed E-state index contributed by atoms with van der Waals surface area (Å²) in [4.78, 5) is 4.78. The van der Waals surface area contributed by atoms with E-state index in [1.807, 2.05) is 50.2 Å². The zero-order chi connectivity index (χ0) is 22.2. The molecule has 7 heteroatoms. The molecule has 3 rings (SSSR count). The molecule has 0 spiro atoms. The molecule has 7 nitrogen and oxygen atoms in total. The van der Waals surface area contributed by atoms with Gasteiger partial charge in [0.05, 0.1) is 34.0 Å². The van der Waals surface area contributed by atoms with E-state index in [2.05, 4.69) is 10.6 Å². The van der Waals surface area contributed by atoms with Gasteiger partial charge in [0.1, 0.15) is 5.75 Å². The number of methoxy groups -OCH3 is 3. The van der Waals surface area contributed by atoms with E-state index in [1.54, 1.807) is 21.3 Å². The maximum atomic E-state index is 5.72. The number of benzene rings is 2. The van der Waals surface area contributed by atoms with Crippen molar-refractivity contribution in [3.63, 3.8) is 0 Å². The molecule has 1 aliphatic rings. The van der Waals surface area contributed by atoms with Crippen molar-refractivity contribution in [1.29, 1.82) is 0 Å².